The highest BCUT2D eigenvalue weighted by atomic mass is 16.2. The van der Waals surface area contributed by atoms with Crippen molar-refractivity contribution in [2.24, 2.45) is 4.99 Å². The summed E-state index contributed by atoms with van der Waals surface area (Å²) in [4.78, 5) is 27.1. The Kier molecular flexibility index (Phi) is 5.28. The summed E-state index contributed by atoms with van der Waals surface area (Å²) in [5.41, 5.74) is 5.76. The molecule has 0 spiro atoms. The van der Waals surface area contributed by atoms with Crippen LogP contribution in [0.3, 0.4) is 0 Å². The number of nitrogens with zero attached hydrogens (tertiary/aromatic N) is 6. The van der Waals surface area contributed by atoms with Gasteiger partial charge in [-0.3, -0.25) is 19.6 Å². The third kappa shape index (κ3) is 3.67. The van der Waals surface area contributed by atoms with Gasteiger partial charge in [0.25, 0.3) is 5.91 Å². The number of guanidine groups is 1. The third-order valence-corrected chi connectivity index (χ3v) is 7.78. The molecule has 8 nitrogen and oxygen atoms in total. The largest absolute Gasteiger partial charge is 0.340 e. The topological polar surface area (TPSA) is 78.7 Å². The molecule has 4 heterocycles. The van der Waals surface area contributed by atoms with Crippen molar-refractivity contribution in [1.82, 2.24) is 19.7 Å². The van der Waals surface area contributed by atoms with Crippen molar-refractivity contribution in [3.8, 4) is 11.3 Å². The van der Waals surface area contributed by atoms with Crippen molar-refractivity contribution < 1.29 is 4.79 Å². The number of aromatic nitrogens is 3. The lowest BCUT2D eigenvalue weighted by Crippen LogP contribution is -2.51. The van der Waals surface area contributed by atoms with Gasteiger partial charge in [-0.25, -0.2) is 9.67 Å². The molecule has 2 atom stereocenters. The lowest BCUT2D eigenvalue weighted by molar-refractivity contribution is 0.0866. The first kappa shape index (κ1) is 22.7. The normalized spacial score (nSPS) is 19.7. The van der Waals surface area contributed by atoms with Gasteiger partial charge in [0.05, 0.1) is 24.3 Å². The van der Waals surface area contributed by atoms with Crippen LogP contribution in [0.5, 0.6) is 0 Å². The van der Waals surface area contributed by atoms with E-state index in [1.165, 1.54) is 0 Å². The number of carbonyl (C=O) groups is 1. The lowest BCUT2D eigenvalue weighted by atomic mass is 10.1. The number of rotatable bonds is 5. The molecular weight excluding hydrogens is 474 g/mol. The molecule has 1 fully saturated rings. The Bertz CT molecular complexity index is 1540. The SMILES string of the molecule is Cc1ccc(-c2ccc(Cn3nc4c(c3Nc3ccccc3)C(=O)N(C)C3=N[C@@H]5CCC[C@@H]5N34)cc2)nc1. The Labute approximate surface area is 221 Å². The van der Waals surface area contributed by atoms with E-state index >= 15 is 0 Å². The minimum atomic E-state index is -0.0829. The Morgan fingerprint density at radius 2 is 1.82 bits per heavy atom. The van der Waals surface area contributed by atoms with Crippen molar-refractivity contribution in [3.63, 3.8) is 0 Å². The summed E-state index contributed by atoms with van der Waals surface area (Å²) in [6.07, 6.45) is 5.15. The van der Waals surface area contributed by atoms with E-state index < -0.39 is 0 Å². The van der Waals surface area contributed by atoms with Gasteiger partial charge in [0.1, 0.15) is 11.4 Å². The van der Waals surface area contributed by atoms with Gasteiger partial charge in [-0.2, -0.15) is 5.10 Å². The van der Waals surface area contributed by atoms with Gasteiger partial charge in [-0.1, -0.05) is 48.5 Å². The predicted molar refractivity (Wildman–Crippen MR) is 149 cm³/mol. The first-order valence-electron chi connectivity index (χ1n) is 13.2. The number of benzene rings is 2. The van der Waals surface area contributed by atoms with Gasteiger partial charge in [-0.05, 0) is 55.5 Å². The van der Waals surface area contributed by atoms with E-state index in [0.29, 0.717) is 23.7 Å². The van der Waals surface area contributed by atoms with Gasteiger partial charge in [0.15, 0.2) is 5.82 Å². The van der Waals surface area contributed by atoms with Crippen LogP contribution in [-0.2, 0) is 6.54 Å². The number of nitrogens with one attached hydrogen (secondary N) is 1. The number of carbonyl (C=O) groups excluding carboxylic acids is 1. The molecule has 8 heteroatoms. The number of amides is 1. The number of hydrogen-bond donors (Lipinski definition) is 1. The zero-order chi connectivity index (χ0) is 25.8. The average Bonchev–Trinajstić information content (AvgIpc) is 3.63. The Balaban J connectivity index is 1.29. The van der Waals surface area contributed by atoms with Crippen LogP contribution in [0, 0.1) is 6.92 Å². The van der Waals surface area contributed by atoms with E-state index in [1.807, 2.05) is 61.2 Å². The second kappa shape index (κ2) is 8.83. The zero-order valence-corrected chi connectivity index (χ0v) is 21.5. The molecule has 0 saturated heterocycles. The minimum absolute atomic E-state index is 0.0829. The van der Waals surface area contributed by atoms with Crippen LogP contribution in [0.2, 0.25) is 0 Å². The van der Waals surface area contributed by atoms with Gasteiger partial charge < -0.3 is 5.32 Å². The van der Waals surface area contributed by atoms with Crippen LogP contribution < -0.4 is 10.2 Å². The fraction of sp³-hybridized carbons (Fsp3) is 0.267. The van der Waals surface area contributed by atoms with E-state index in [2.05, 4.69) is 45.5 Å². The fourth-order valence-electron chi connectivity index (χ4n) is 5.80. The number of aliphatic imine (C=N–C) groups is 1. The maximum Gasteiger partial charge on any atom is 0.267 e. The molecule has 190 valence electrons. The molecule has 1 aliphatic carbocycles. The van der Waals surface area contributed by atoms with Crippen molar-refractivity contribution in [1.29, 1.82) is 0 Å². The highest BCUT2D eigenvalue weighted by Gasteiger charge is 2.49. The molecule has 1 N–H and O–H groups in total. The number of anilines is 3. The van der Waals surface area contributed by atoms with Crippen molar-refractivity contribution in [3.05, 3.63) is 89.6 Å². The van der Waals surface area contributed by atoms with Gasteiger partial charge in [-0.15, -0.1) is 0 Å². The molecule has 0 bridgehead atoms. The minimum Gasteiger partial charge on any atom is -0.340 e. The highest BCUT2D eigenvalue weighted by Crippen LogP contribution is 2.43. The van der Waals surface area contributed by atoms with Crippen molar-refractivity contribution in [2.75, 3.05) is 17.3 Å². The molecule has 3 aliphatic rings. The Morgan fingerprint density at radius 1 is 1.00 bits per heavy atom. The van der Waals surface area contributed by atoms with Gasteiger partial charge in [0, 0.05) is 24.5 Å². The number of hydrogen-bond acceptors (Lipinski definition) is 6. The number of fused-ring (bicyclic) bond motifs is 5. The van der Waals surface area contributed by atoms with E-state index in [-0.39, 0.29) is 18.0 Å². The standard InChI is InChI=1S/C30H29N7O/c1-19-11-16-23(31-17-19)21-14-12-20(13-15-21)18-36-27(32-22-7-4-3-5-8-22)26-28(34-36)37-25-10-6-9-24(25)33-30(37)35(2)29(26)38/h3-5,7-8,11-17,24-25,32H,6,9-10,18H2,1-2H3/t24-,25+/m1/s1. The molecule has 2 aromatic carbocycles. The summed E-state index contributed by atoms with van der Waals surface area (Å²) in [6, 6.07) is 22.9. The molecular formula is C30H29N7O. The molecule has 4 aromatic rings. The van der Waals surface area contributed by atoms with Crippen LogP contribution in [0.1, 0.15) is 40.7 Å². The van der Waals surface area contributed by atoms with Crippen LogP contribution in [0.15, 0.2) is 77.9 Å². The monoisotopic (exact) mass is 503 g/mol. The van der Waals surface area contributed by atoms with E-state index in [9.17, 15) is 4.79 Å². The van der Waals surface area contributed by atoms with Crippen LogP contribution in [0.4, 0.5) is 17.3 Å². The molecule has 0 radical (unpaired) electrons. The fourth-order valence-corrected chi connectivity index (χ4v) is 5.80. The van der Waals surface area contributed by atoms with E-state index in [1.54, 1.807) is 4.90 Å². The average molecular weight is 504 g/mol. The van der Waals surface area contributed by atoms with Gasteiger partial charge in [0.2, 0.25) is 5.96 Å². The van der Waals surface area contributed by atoms with Crippen LogP contribution in [-0.4, -0.2) is 50.7 Å². The summed E-state index contributed by atoms with van der Waals surface area (Å²) >= 11 is 0. The third-order valence-electron chi connectivity index (χ3n) is 7.78. The molecule has 2 aliphatic heterocycles. The summed E-state index contributed by atoms with van der Waals surface area (Å²) in [7, 11) is 1.82. The van der Waals surface area contributed by atoms with Gasteiger partial charge >= 0.3 is 0 Å². The summed E-state index contributed by atoms with van der Waals surface area (Å²) < 4.78 is 1.92. The molecule has 0 unspecified atom stereocenters. The quantitative estimate of drug-likeness (QED) is 0.404. The molecule has 7 rings (SSSR count). The van der Waals surface area contributed by atoms with Crippen LogP contribution in [0.25, 0.3) is 11.3 Å². The second-order valence-corrected chi connectivity index (χ2v) is 10.3. The lowest BCUT2D eigenvalue weighted by Gasteiger charge is -2.34. The smallest absolute Gasteiger partial charge is 0.267 e. The highest BCUT2D eigenvalue weighted by molar-refractivity contribution is 6.21. The molecule has 38 heavy (non-hydrogen) atoms. The van der Waals surface area contributed by atoms with Crippen LogP contribution >= 0.6 is 0 Å². The van der Waals surface area contributed by atoms with E-state index in [0.717, 1.165) is 53.3 Å². The maximum absolute atomic E-state index is 13.7. The molecule has 1 amide bonds. The summed E-state index contributed by atoms with van der Waals surface area (Å²) in [6.45, 7) is 2.56. The number of pyridine rings is 1. The summed E-state index contributed by atoms with van der Waals surface area (Å²) in [5.74, 6) is 2.05. The van der Waals surface area contributed by atoms with Crippen molar-refractivity contribution >= 4 is 29.2 Å². The number of para-hydroxylation sites is 1. The molecule has 1 saturated carbocycles. The van der Waals surface area contributed by atoms with E-state index in [4.69, 9.17) is 10.1 Å². The first-order chi connectivity index (χ1) is 18.6. The first-order valence-corrected chi connectivity index (χ1v) is 13.2. The summed E-state index contributed by atoms with van der Waals surface area (Å²) in [5, 5.41) is 8.57. The Hall–Kier alpha value is -4.46. The Morgan fingerprint density at radius 3 is 2.58 bits per heavy atom. The van der Waals surface area contributed by atoms with Crippen molar-refractivity contribution in [2.45, 2.75) is 44.8 Å². The zero-order valence-electron chi connectivity index (χ0n) is 21.5. The predicted octanol–water partition coefficient (Wildman–Crippen LogP) is 5.23. The maximum atomic E-state index is 13.7. The second-order valence-electron chi connectivity index (χ2n) is 10.3. The number of aryl methyl sites for hydroxylation is 1. The molecule has 2 aromatic heterocycles.